The Morgan fingerprint density at radius 3 is 2.95 bits per heavy atom. The lowest BCUT2D eigenvalue weighted by Crippen LogP contribution is -2.45. The number of nitrogens with zero attached hydrogens (tertiary/aromatic N) is 4. The van der Waals surface area contributed by atoms with E-state index in [9.17, 15) is 4.79 Å². The zero-order valence-corrected chi connectivity index (χ0v) is 11.2. The fourth-order valence-electron chi connectivity index (χ4n) is 1.74. The first-order valence-electron chi connectivity index (χ1n) is 6.44. The summed E-state index contributed by atoms with van der Waals surface area (Å²) < 4.78 is 5.23. The highest BCUT2D eigenvalue weighted by Gasteiger charge is 2.11. The minimum absolute atomic E-state index is 0.266. The van der Waals surface area contributed by atoms with Gasteiger partial charge in [0.25, 0.3) is 5.91 Å². The van der Waals surface area contributed by atoms with Gasteiger partial charge in [-0.1, -0.05) is 0 Å². The van der Waals surface area contributed by atoms with E-state index in [1.54, 1.807) is 0 Å². The molecule has 1 aromatic rings. The zero-order chi connectivity index (χ0) is 14.2. The molecule has 0 unspecified atom stereocenters. The van der Waals surface area contributed by atoms with Crippen LogP contribution < -0.4 is 11.1 Å². The van der Waals surface area contributed by atoms with E-state index in [2.05, 4.69) is 20.3 Å². The van der Waals surface area contributed by atoms with Crippen molar-refractivity contribution in [3.8, 4) is 0 Å². The van der Waals surface area contributed by atoms with Crippen LogP contribution in [0.3, 0.4) is 0 Å². The second-order valence-electron chi connectivity index (χ2n) is 4.19. The summed E-state index contributed by atoms with van der Waals surface area (Å²) in [5.74, 6) is 0.222. The highest BCUT2D eigenvalue weighted by molar-refractivity contribution is 5.91. The van der Waals surface area contributed by atoms with Gasteiger partial charge in [0.1, 0.15) is 5.69 Å². The third-order valence-electron chi connectivity index (χ3n) is 2.80. The summed E-state index contributed by atoms with van der Waals surface area (Å²) in [4.78, 5) is 25.6. The molecule has 0 bridgehead atoms. The molecule has 1 amide bonds. The molecular weight excluding hydrogens is 260 g/mol. The van der Waals surface area contributed by atoms with Gasteiger partial charge in [0.05, 0.1) is 26.0 Å². The topological polar surface area (TPSA) is 106 Å². The molecule has 2 heterocycles. The lowest BCUT2D eigenvalue weighted by Gasteiger charge is -2.27. The lowest BCUT2D eigenvalue weighted by atomic mass is 10.4. The van der Waals surface area contributed by atoms with Crippen LogP contribution in [0.4, 0.5) is 0 Å². The van der Waals surface area contributed by atoms with Crippen molar-refractivity contribution < 1.29 is 9.53 Å². The van der Waals surface area contributed by atoms with Crippen LogP contribution >= 0.6 is 0 Å². The van der Waals surface area contributed by atoms with Gasteiger partial charge in [-0.15, -0.1) is 0 Å². The second-order valence-corrected chi connectivity index (χ2v) is 4.19. The third-order valence-corrected chi connectivity index (χ3v) is 2.80. The molecule has 108 valence electrons. The number of aromatic nitrogens is 2. The predicted molar refractivity (Wildman–Crippen MR) is 73.2 cm³/mol. The van der Waals surface area contributed by atoms with Crippen molar-refractivity contribution in [2.75, 3.05) is 39.4 Å². The molecule has 8 heteroatoms. The number of ether oxygens (including phenoxy) is 1. The standard InChI is InChI=1S/C12H18N6O2/c13-12(18-5-7-20-8-6-18)17-4-3-16-11(19)10-9-14-1-2-15-10/h1-2,9H,3-8H2,(H2,13,17)(H,16,19). The summed E-state index contributed by atoms with van der Waals surface area (Å²) in [5.41, 5.74) is 6.15. The first-order valence-corrected chi connectivity index (χ1v) is 6.44. The van der Waals surface area contributed by atoms with Crippen LogP contribution in [-0.2, 0) is 4.74 Å². The van der Waals surface area contributed by atoms with E-state index in [1.807, 2.05) is 4.90 Å². The van der Waals surface area contributed by atoms with E-state index in [0.717, 1.165) is 13.1 Å². The van der Waals surface area contributed by atoms with Crippen LogP contribution in [-0.4, -0.2) is 66.1 Å². The fourth-order valence-corrected chi connectivity index (χ4v) is 1.74. The maximum absolute atomic E-state index is 11.7. The number of amides is 1. The van der Waals surface area contributed by atoms with Crippen molar-refractivity contribution in [3.05, 3.63) is 24.3 Å². The Balaban J connectivity index is 1.71. The summed E-state index contributed by atoms with van der Waals surface area (Å²) >= 11 is 0. The number of nitrogens with two attached hydrogens (primary N) is 1. The van der Waals surface area contributed by atoms with Crippen molar-refractivity contribution >= 4 is 11.9 Å². The first-order chi connectivity index (χ1) is 9.77. The van der Waals surface area contributed by atoms with Gasteiger partial charge in [-0.2, -0.15) is 0 Å². The number of carbonyl (C=O) groups is 1. The molecule has 0 spiro atoms. The average Bonchev–Trinajstić information content (AvgIpc) is 2.53. The van der Waals surface area contributed by atoms with Crippen LogP contribution in [0.25, 0.3) is 0 Å². The van der Waals surface area contributed by atoms with E-state index < -0.39 is 0 Å². The largest absolute Gasteiger partial charge is 0.378 e. The van der Waals surface area contributed by atoms with Crippen LogP contribution in [0.5, 0.6) is 0 Å². The van der Waals surface area contributed by atoms with Crippen LogP contribution in [0.1, 0.15) is 10.5 Å². The number of morpholine rings is 1. The molecule has 20 heavy (non-hydrogen) atoms. The van der Waals surface area contributed by atoms with Crippen molar-refractivity contribution in [1.82, 2.24) is 20.2 Å². The Labute approximate surface area is 117 Å². The van der Waals surface area contributed by atoms with Crippen LogP contribution in [0.15, 0.2) is 23.6 Å². The number of carbonyl (C=O) groups excluding carboxylic acids is 1. The van der Waals surface area contributed by atoms with Gasteiger partial charge in [0.2, 0.25) is 0 Å². The molecule has 2 rings (SSSR count). The number of aliphatic imine (C=N–C) groups is 1. The number of hydrogen-bond acceptors (Lipinski definition) is 5. The van der Waals surface area contributed by atoms with Crippen LogP contribution in [0, 0.1) is 0 Å². The summed E-state index contributed by atoms with van der Waals surface area (Å²) in [7, 11) is 0. The van der Waals surface area contributed by atoms with E-state index in [4.69, 9.17) is 10.5 Å². The molecule has 8 nitrogen and oxygen atoms in total. The van der Waals surface area contributed by atoms with E-state index in [-0.39, 0.29) is 11.6 Å². The molecule has 0 saturated carbocycles. The molecule has 3 N–H and O–H groups in total. The molecule has 1 saturated heterocycles. The molecule has 1 aliphatic heterocycles. The van der Waals surface area contributed by atoms with Gasteiger partial charge in [-0.05, 0) is 0 Å². The van der Waals surface area contributed by atoms with Crippen molar-refractivity contribution in [2.45, 2.75) is 0 Å². The molecule has 1 fully saturated rings. The van der Waals surface area contributed by atoms with Gasteiger partial charge in [0, 0.05) is 32.0 Å². The summed E-state index contributed by atoms with van der Waals surface area (Å²) in [6.45, 7) is 3.66. The SMILES string of the molecule is NC(=NCCNC(=O)c1cnccn1)N1CCOCC1. The maximum atomic E-state index is 11.7. The Bertz CT molecular complexity index is 458. The lowest BCUT2D eigenvalue weighted by molar-refractivity contribution is 0.0674. The maximum Gasteiger partial charge on any atom is 0.271 e. The van der Waals surface area contributed by atoms with Crippen molar-refractivity contribution in [1.29, 1.82) is 0 Å². The number of hydrogen-bond donors (Lipinski definition) is 2. The van der Waals surface area contributed by atoms with Gasteiger partial charge in [-0.3, -0.25) is 14.8 Å². The molecule has 1 aliphatic rings. The summed E-state index contributed by atoms with van der Waals surface area (Å²) in [5, 5.41) is 2.71. The highest BCUT2D eigenvalue weighted by atomic mass is 16.5. The monoisotopic (exact) mass is 278 g/mol. The first kappa shape index (κ1) is 14.2. The zero-order valence-electron chi connectivity index (χ0n) is 11.2. The van der Waals surface area contributed by atoms with Crippen molar-refractivity contribution in [2.24, 2.45) is 10.7 Å². The van der Waals surface area contributed by atoms with Crippen molar-refractivity contribution in [3.63, 3.8) is 0 Å². The molecule has 0 aromatic carbocycles. The molecule has 0 aliphatic carbocycles. The minimum Gasteiger partial charge on any atom is -0.378 e. The quantitative estimate of drug-likeness (QED) is 0.409. The summed E-state index contributed by atoms with van der Waals surface area (Å²) in [6.07, 6.45) is 4.41. The Morgan fingerprint density at radius 2 is 2.25 bits per heavy atom. The average molecular weight is 278 g/mol. The van der Waals surface area contributed by atoms with Crippen LogP contribution in [0.2, 0.25) is 0 Å². The smallest absolute Gasteiger partial charge is 0.271 e. The molecular formula is C12H18N6O2. The molecule has 1 aromatic heterocycles. The van der Waals surface area contributed by atoms with Gasteiger partial charge in [0.15, 0.2) is 5.96 Å². The third kappa shape index (κ3) is 4.16. The molecule has 0 radical (unpaired) electrons. The number of rotatable bonds is 4. The predicted octanol–water partition coefficient (Wildman–Crippen LogP) is -1.15. The normalized spacial score (nSPS) is 16.0. The minimum atomic E-state index is -0.266. The molecule has 0 atom stereocenters. The van der Waals surface area contributed by atoms with Gasteiger partial charge >= 0.3 is 0 Å². The summed E-state index contributed by atoms with van der Waals surface area (Å²) in [6, 6.07) is 0. The van der Waals surface area contributed by atoms with Gasteiger partial charge < -0.3 is 20.7 Å². The van der Waals surface area contributed by atoms with E-state index in [0.29, 0.717) is 32.3 Å². The van der Waals surface area contributed by atoms with E-state index >= 15 is 0 Å². The van der Waals surface area contributed by atoms with E-state index in [1.165, 1.54) is 18.6 Å². The number of nitrogens with one attached hydrogen (secondary N) is 1. The number of guanidine groups is 1. The highest BCUT2D eigenvalue weighted by Crippen LogP contribution is 1.95. The fraction of sp³-hybridized carbons (Fsp3) is 0.500. The Kier molecular flexibility index (Phi) is 5.24. The Morgan fingerprint density at radius 1 is 1.45 bits per heavy atom. The Hall–Kier alpha value is -2.22. The van der Waals surface area contributed by atoms with Gasteiger partial charge in [-0.25, -0.2) is 4.98 Å². The second kappa shape index (κ2) is 7.39.